The van der Waals surface area contributed by atoms with Gasteiger partial charge in [-0.25, -0.2) is 18.2 Å². The van der Waals surface area contributed by atoms with E-state index in [1.54, 1.807) is 0 Å². The smallest absolute Gasteiger partial charge is 0.260 e. The highest BCUT2D eigenvalue weighted by atomic mass is 32.2. The lowest BCUT2D eigenvalue weighted by Crippen LogP contribution is -2.39. The molecule has 1 N–H and O–H groups in total. The van der Waals surface area contributed by atoms with Crippen molar-refractivity contribution in [1.82, 2.24) is 9.99 Å². The van der Waals surface area contributed by atoms with E-state index >= 15 is 0 Å². The standard InChI is InChI=1S/C24H27FN4O3S/c1-16-9-10-23(17(2)11-16)29-18(3)12-20(19(29)4)14-26-27-24(30)15-28(33(5,31)32)22-8-6-7-21(25)13-22/h6-14H,15H2,1-5H3,(H,27,30)/b26-14-. The summed E-state index contributed by atoms with van der Waals surface area (Å²) in [5.74, 6) is -1.25. The van der Waals surface area contributed by atoms with Gasteiger partial charge >= 0.3 is 0 Å². The lowest BCUT2D eigenvalue weighted by Gasteiger charge is -2.21. The maximum Gasteiger partial charge on any atom is 0.260 e. The van der Waals surface area contributed by atoms with Gasteiger partial charge < -0.3 is 4.57 Å². The first-order valence-electron chi connectivity index (χ1n) is 10.3. The number of aromatic nitrogens is 1. The van der Waals surface area contributed by atoms with E-state index in [9.17, 15) is 17.6 Å². The predicted molar refractivity (Wildman–Crippen MR) is 129 cm³/mol. The molecule has 0 aliphatic heterocycles. The molecule has 174 valence electrons. The average Bonchev–Trinajstić information content (AvgIpc) is 2.99. The van der Waals surface area contributed by atoms with Gasteiger partial charge in [0.2, 0.25) is 10.0 Å². The van der Waals surface area contributed by atoms with Crippen LogP contribution in [-0.4, -0.2) is 37.9 Å². The number of aryl methyl sites for hydroxylation is 3. The SMILES string of the molecule is Cc1ccc(-n2c(C)cc(/C=N\NC(=O)CN(c3cccc(F)c3)S(C)(=O)=O)c2C)c(C)c1. The second-order valence-corrected chi connectivity index (χ2v) is 9.90. The summed E-state index contributed by atoms with van der Waals surface area (Å²) >= 11 is 0. The van der Waals surface area contributed by atoms with Gasteiger partial charge in [0, 0.05) is 22.6 Å². The van der Waals surface area contributed by atoms with Crippen LogP contribution in [0.4, 0.5) is 10.1 Å². The first-order chi connectivity index (χ1) is 15.5. The molecule has 0 spiro atoms. The molecule has 33 heavy (non-hydrogen) atoms. The van der Waals surface area contributed by atoms with Gasteiger partial charge in [-0.05, 0) is 63.6 Å². The van der Waals surface area contributed by atoms with Gasteiger partial charge in [0.05, 0.1) is 18.2 Å². The van der Waals surface area contributed by atoms with Gasteiger partial charge in [-0.1, -0.05) is 23.8 Å². The summed E-state index contributed by atoms with van der Waals surface area (Å²) in [6, 6.07) is 13.3. The number of anilines is 1. The quantitative estimate of drug-likeness (QED) is 0.422. The summed E-state index contributed by atoms with van der Waals surface area (Å²) in [6.07, 6.45) is 2.48. The molecule has 0 atom stereocenters. The normalized spacial score (nSPS) is 11.7. The molecule has 0 bridgehead atoms. The number of halogens is 1. The highest BCUT2D eigenvalue weighted by Gasteiger charge is 2.21. The molecular weight excluding hydrogens is 443 g/mol. The van der Waals surface area contributed by atoms with Crippen LogP contribution in [-0.2, 0) is 14.8 Å². The van der Waals surface area contributed by atoms with Crippen LogP contribution in [0, 0.1) is 33.5 Å². The molecule has 1 heterocycles. The fourth-order valence-electron chi connectivity index (χ4n) is 3.72. The van der Waals surface area contributed by atoms with Crippen molar-refractivity contribution in [3.8, 4) is 5.69 Å². The number of sulfonamides is 1. The number of hydrogen-bond acceptors (Lipinski definition) is 4. The van der Waals surface area contributed by atoms with Crippen molar-refractivity contribution < 1.29 is 17.6 Å². The van der Waals surface area contributed by atoms with Crippen LogP contribution in [0.1, 0.15) is 28.1 Å². The monoisotopic (exact) mass is 470 g/mol. The highest BCUT2D eigenvalue weighted by Crippen LogP contribution is 2.23. The number of amides is 1. The molecule has 0 unspecified atom stereocenters. The van der Waals surface area contributed by atoms with Gasteiger partial charge in [-0.2, -0.15) is 5.10 Å². The molecular formula is C24H27FN4O3S. The Morgan fingerprint density at radius 3 is 2.48 bits per heavy atom. The van der Waals surface area contributed by atoms with Crippen molar-refractivity contribution in [1.29, 1.82) is 0 Å². The van der Waals surface area contributed by atoms with E-state index in [2.05, 4.69) is 40.2 Å². The van der Waals surface area contributed by atoms with Crippen LogP contribution in [0.3, 0.4) is 0 Å². The summed E-state index contributed by atoms with van der Waals surface area (Å²) < 4.78 is 40.7. The highest BCUT2D eigenvalue weighted by molar-refractivity contribution is 7.92. The van der Waals surface area contributed by atoms with Crippen LogP contribution in [0.25, 0.3) is 5.69 Å². The Hall–Kier alpha value is -3.46. The molecule has 1 amide bonds. The Bertz CT molecular complexity index is 1330. The van der Waals surface area contributed by atoms with Crippen LogP contribution in [0.5, 0.6) is 0 Å². The van der Waals surface area contributed by atoms with Gasteiger partial charge in [-0.15, -0.1) is 0 Å². The maximum absolute atomic E-state index is 13.5. The van der Waals surface area contributed by atoms with Gasteiger partial charge in [-0.3, -0.25) is 9.10 Å². The summed E-state index contributed by atoms with van der Waals surface area (Å²) in [6.45, 7) is 7.53. The Kier molecular flexibility index (Phi) is 7.02. The van der Waals surface area contributed by atoms with Crippen molar-refractivity contribution in [3.05, 3.63) is 82.4 Å². The van der Waals surface area contributed by atoms with Gasteiger partial charge in [0.25, 0.3) is 5.91 Å². The second kappa shape index (κ2) is 9.58. The molecule has 7 nitrogen and oxygen atoms in total. The number of hydrogen-bond donors (Lipinski definition) is 1. The molecule has 0 saturated heterocycles. The Labute approximate surface area is 193 Å². The number of carbonyl (C=O) groups is 1. The zero-order chi connectivity index (χ0) is 24.3. The van der Waals surface area contributed by atoms with Crippen LogP contribution in [0.15, 0.2) is 53.6 Å². The van der Waals surface area contributed by atoms with Crippen LogP contribution >= 0.6 is 0 Å². The number of rotatable bonds is 7. The summed E-state index contributed by atoms with van der Waals surface area (Å²) in [5, 5.41) is 4.00. The van der Waals surface area contributed by atoms with E-state index in [-0.39, 0.29) is 5.69 Å². The van der Waals surface area contributed by atoms with E-state index in [0.717, 1.165) is 44.8 Å². The average molecular weight is 471 g/mol. The van der Waals surface area contributed by atoms with E-state index < -0.39 is 28.3 Å². The molecule has 0 saturated carbocycles. The molecule has 0 radical (unpaired) electrons. The lowest BCUT2D eigenvalue weighted by atomic mass is 10.1. The van der Waals surface area contributed by atoms with Crippen molar-refractivity contribution in [2.75, 3.05) is 17.1 Å². The first kappa shape index (κ1) is 24.2. The summed E-state index contributed by atoms with van der Waals surface area (Å²) in [5.41, 5.74) is 8.60. The Morgan fingerprint density at radius 1 is 1.12 bits per heavy atom. The minimum Gasteiger partial charge on any atom is -0.318 e. The minimum absolute atomic E-state index is 0.0636. The van der Waals surface area contributed by atoms with Crippen molar-refractivity contribution in [3.63, 3.8) is 0 Å². The van der Waals surface area contributed by atoms with Crippen LogP contribution in [0.2, 0.25) is 0 Å². The zero-order valence-corrected chi connectivity index (χ0v) is 20.1. The molecule has 2 aromatic carbocycles. The third-order valence-electron chi connectivity index (χ3n) is 5.24. The molecule has 0 aliphatic rings. The zero-order valence-electron chi connectivity index (χ0n) is 19.3. The Morgan fingerprint density at radius 2 is 1.85 bits per heavy atom. The Balaban J connectivity index is 1.76. The first-order valence-corrected chi connectivity index (χ1v) is 12.1. The number of benzene rings is 2. The summed E-state index contributed by atoms with van der Waals surface area (Å²) in [7, 11) is -3.80. The molecule has 3 aromatic rings. The lowest BCUT2D eigenvalue weighted by molar-refractivity contribution is -0.119. The molecule has 3 rings (SSSR count). The van der Waals surface area contributed by atoms with E-state index in [1.807, 2.05) is 26.8 Å². The third kappa shape index (κ3) is 5.67. The number of carbonyl (C=O) groups excluding carboxylic acids is 1. The molecule has 0 fully saturated rings. The summed E-state index contributed by atoms with van der Waals surface area (Å²) in [4.78, 5) is 12.4. The van der Waals surface area contributed by atoms with Crippen molar-refractivity contribution in [2.24, 2.45) is 5.10 Å². The molecule has 0 aliphatic carbocycles. The molecule has 9 heteroatoms. The number of nitrogens with one attached hydrogen (secondary N) is 1. The predicted octanol–water partition coefficient (Wildman–Crippen LogP) is 3.77. The van der Waals surface area contributed by atoms with Crippen molar-refractivity contribution in [2.45, 2.75) is 27.7 Å². The fourth-order valence-corrected chi connectivity index (χ4v) is 4.56. The number of nitrogens with zero attached hydrogens (tertiary/aromatic N) is 3. The van der Waals surface area contributed by atoms with Crippen LogP contribution < -0.4 is 9.73 Å². The van der Waals surface area contributed by atoms with E-state index in [4.69, 9.17) is 0 Å². The van der Waals surface area contributed by atoms with E-state index in [0.29, 0.717) is 0 Å². The second-order valence-electron chi connectivity index (χ2n) is 7.99. The fraction of sp³-hybridized carbons (Fsp3) is 0.250. The number of hydrazone groups is 1. The molecule has 1 aromatic heterocycles. The van der Waals surface area contributed by atoms with Crippen molar-refractivity contribution >= 4 is 27.8 Å². The maximum atomic E-state index is 13.5. The minimum atomic E-state index is -3.80. The third-order valence-corrected chi connectivity index (χ3v) is 6.38. The van der Waals surface area contributed by atoms with Gasteiger partial charge in [0.15, 0.2) is 0 Å². The topological polar surface area (TPSA) is 83.8 Å². The van der Waals surface area contributed by atoms with Gasteiger partial charge in [0.1, 0.15) is 12.4 Å². The largest absolute Gasteiger partial charge is 0.318 e. The van der Waals surface area contributed by atoms with E-state index in [1.165, 1.54) is 30.0 Å².